The Morgan fingerprint density at radius 2 is 0.821 bits per heavy atom. The van der Waals surface area contributed by atoms with Crippen LogP contribution in [-0.2, 0) is 0 Å². The van der Waals surface area contributed by atoms with Crippen LogP contribution in [0.25, 0.3) is 0 Å². The highest BCUT2D eigenvalue weighted by Crippen LogP contribution is 2.15. The zero-order valence-corrected chi connectivity index (χ0v) is 15.3. The Morgan fingerprint density at radius 1 is 0.464 bits per heavy atom. The lowest BCUT2D eigenvalue weighted by Gasteiger charge is -2.02. The minimum Gasteiger partial charge on any atom is -0.106 e. The molecule has 0 atom stereocenters. The average molecular weight is 346 g/mol. The average Bonchev–Trinajstić information content (AvgIpc) is 2.71. The minimum atomic E-state index is 0.613. The van der Waals surface area contributed by atoms with Crippen LogP contribution >= 0.6 is 0 Å². The molecule has 0 radical (unpaired) electrons. The van der Waals surface area contributed by atoms with E-state index in [2.05, 4.69) is 107 Å². The van der Waals surface area contributed by atoms with Crippen molar-refractivity contribution in [3.05, 3.63) is 34.4 Å². The van der Waals surface area contributed by atoms with E-state index in [0.717, 1.165) is 0 Å². The molecule has 1 rings (SSSR count). The second-order valence-corrected chi connectivity index (χ2v) is 4.48. The molecule has 1 aromatic rings. The first-order valence-corrected chi connectivity index (χ1v) is 7.73. The Kier molecular flexibility index (Phi) is 9.80. The Morgan fingerprint density at radius 3 is 1.29 bits per heavy atom. The van der Waals surface area contributed by atoms with Gasteiger partial charge >= 0.3 is 0 Å². The fourth-order valence-corrected chi connectivity index (χ4v) is 1.67. The first-order valence-electron chi connectivity index (χ1n) is 7.73. The highest BCUT2D eigenvalue weighted by Gasteiger charge is 2.05. The van der Waals surface area contributed by atoms with Crippen molar-refractivity contribution < 1.29 is 0 Å². The maximum absolute atomic E-state index is 5.24. The predicted molar refractivity (Wildman–Crippen MR) is 114 cm³/mol. The van der Waals surface area contributed by atoms with Gasteiger partial charge in [0.25, 0.3) is 0 Å². The topological polar surface area (TPSA) is 0 Å². The second-order valence-electron chi connectivity index (χ2n) is 4.48. The van der Waals surface area contributed by atoms with E-state index in [-0.39, 0.29) is 0 Å². The Balaban J connectivity index is 3.70. The van der Waals surface area contributed by atoms with Gasteiger partial charge in [-0.3, -0.25) is 0 Å². The fourth-order valence-electron chi connectivity index (χ4n) is 1.67. The van der Waals surface area contributed by atoms with Crippen LogP contribution in [0, 0.1) is 119 Å². The second kappa shape index (κ2) is 13.1. The van der Waals surface area contributed by atoms with Crippen LogP contribution < -0.4 is 0 Å². The van der Waals surface area contributed by atoms with E-state index in [1.165, 1.54) is 0 Å². The lowest BCUT2D eigenvalue weighted by Crippen LogP contribution is -1.92. The van der Waals surface area contributed by atoms with Gasteiger partial charge in [-0.1, -0.05) is 35.5 Å². The van der Waals surface area contributed by atoms with Crippen LogP contribution in [-0.4, -0.2) is 0 Å². The SMILES string of the molecule is C#CC#CC#Cc1cc(C#CC#CC)c(C#CC#C)cc1C#CC#CC#CC. The third-order valence-electron chi connectivity index (χ3n) is 2.72. The molecule has 0 N–H and O–H groups in total. The molecule has 0 heterocycles. The summed E-state index contributed by atoms with van der Waals surface area (Å²) in [4.78, 5) is 0. The maximum atomic E-state index is 5.24. The van der Waals surface area contributed by atoms with Crippen molar-refractivity contribution in [1.29, 1.82) is 0 Å². The monoisotopic (exact) mass is 346 g/mol. The molecule has 0 aliphatic heterocycles. The summed E-state index contributed by atoms with van der Waals surface area (Å²) in [7, 11) is 0. The third kappa shape index (κ3) is 7.59. The molecule has 0 aliphatic rings. The van der Waals surface area contributed by atoms with Gasteiger partial charge in [-0.05, 0) is 97.0 Å². The summed E-state index contributed by atoms with van der Waals surface area (Å²) in [5.74, 6) is 47.9. The summed E-state index contributed by atoms with van der Waals surface area (Å²) in [5.41, 5.74) is 2.48. The van der Waals surface area contributed by atoms with Crippen molar-refractivity contribution in [2.75, 3.05) is 0 Å². The standard InChI is InChI=1S/C28H10/c1-5-9-13-15-18-22-28-23-25(19-12-8-4)26(20-16-11-7-3)24-27(28)21-17-14-10-6-2/h2,4,23-24H,1,3H3. The molecule has 0 fully saturated rings. The molecule has 0 saturated carbocycles. The number of benzene rings is 1. The molecule has 0 amide bonds. The van der Waals surface area contributed by atoms with E-state index in [9.17, 15) is 0 Å². The fraction of sp³-hybridized carbons (Fsp3) is 0.0714. The molecule has 0 spiro atoms. The van der Waals surface area contributed by atoms with Gasteiger partial charge in [0.05, 0.1) is 0 Å². The lowest BCUT2D eigenvalue weighted by atomic mass is 9.98. The third-order valence-corrected chi connectivity index (χ3v) is 2.72. The zero-order chi connectivity index (χ0) is 20.5. The van der Waals surface area contributed by atoms with Crippen LogP contribution in [0.3, 0.4) is 0 Å². The molecule has 0 aromatic heterocycles. The minimum absolute atomic E-state index is 0.613. The van der Waals surface area contributed by atoms with E-state index in [4.69, 9.17) is 12.8 Å². The quantitative estimate of drug-likeness (QED) is 0.633. The summed E-state index contributed by atoms with van der Waals surface area (Å²) in [5, 5.41) is 0. The van der Waals surface area contributed by atoms with Gasteiger partial charge in [-0.15, -0.1) is 12.8 Å². The first kappa shape index (κ1) is 20.9. The molecule has 28 heavy (non-hydrogen) atoms. The lowest BCUT2D eigenvalue weighted by molar-refractivity contribution is 1.51. The smallest absolute Gasteiger partial charge is 0.0425 e. The first-order chi connectivity index (χ1) is 13.8. The van der Waals surface area contributed by atoms with Crippen molar-refractivity contribution in [1.82, 2.24) is 0 Å². The molecular weight excluding hydrogens is 336 g/mol. The predicted octanol–water partition coefficient (Wildman–Crippen LogP) is 2.41. The van der Waals surface area contributed by atoms with E-state index in [1.54, 1.807) is 26.0 Å². The normalized spacial score (nSPS) is 6.00. The number of hydrogen-bond donors (Lipinski definition) is 0. The maximum Gasteiger partial charge on any atom is 0.0425 e. The summed E-state index contributed by atoms with van der Waals surface area (Å²) >= 11 is 0. The van der Waals surface area contributed by atoms with Gasteiger partial charge in [0.15, 0.2) is 0 Å². The molecule has 1 aromatic carbocycles. The molecule has 0 heteroatoms. The molecular formula is C28H10. The Bertz CT molecular complexity index is 1370. The van der Waals surface area contributed by atoms with E-state index < -0.39 is 0 Å². The van der Waals surface area contributed by atoms with E-state index >= 15 is 0 Å². The summed E-state index contributed by atoms with van der Waals surface area (Å²) in [6.45, 7) is 3.41. The van der Waals surface area contributed by atoms with Crippen LogP contribution in [0.15, 0.2) is 12.1 Å². The summed E-state index contributed by atoms with van der Waals surface area (Å²) in [6.07, 6.45) is 10.3. The van der Waals surface area contributed by atoms with Crippen LogP contribution in [0.1, 0.15) is 36.1 Å². The number of hydrogen-bond acceptors (Lipinski definition) is 0. The Hall–Kier alpha value is -5.18. The van der Waals surface area contributed by atoms with Gasteiger partial charge in [0.2, 0.25) is 0 Å². The molecule has 0 aliphatic carbocycles. The molecule has 0 nitrogen and oxygen atoms in total. The van der Waals surface area contributed by atoms with Gasteiger partial charge in [-0.2, -0.15) is 0 Å². The summed E-state index contributed by atoms with van der Waals surface area (Å²) in [6, 6.07) is 3.52. The van der Waals surface area contributed by atoms with Crippen molar-refractivity contribution in [3.63, 3.8) is 0 Å². The van der Waals surface area contributed by atoms with Gasteiger partial charge in [0.1, 0.15) is 0 Å². The number of terminal acetylenes is 2. The van der Waals surface area contributed by atoms with Crippen LogP contribution in [0.5, 0.6) is 0 Å². The van der Waals surface area contributed by atoms with Crippen molar-refractivity contribution in [3.8, 4) is 119 Å². The van der Waals surface area contributed by atoms with Gasteiger partial charge in [0, 0.05) is 22.3 Å². The van der Waals surface area contributed by atoms with Crippen molar-refractivity contribution >= 4 is 0 Å². The Labute approximate surface area is 167 Å². The zero-order valence-electron chi connectivity index (χ0n) is 15.3. The van der Waals surface area contributed by atoms with Crippen molar-refractivity contribution in [2.24, 2.45) is 0 Å². The van der Waals surface area contributed by atoms with Crippen LogP contribution in [0.2, 0.25) is 0 Å². The highest BCUT2D eigenvalue weighted by atomic mass is 14.0. The molecule has 0 unspecified atom stereocenters. The van der Waals surface area contributed by atoms with Gasteiger partial charge in [-0.25, -0.2) is 0 Å². The van der Waals surface area contributed by atoms with E-state index in [1.807, 2.05) is 0 Å². The largest absolute Gasteiger partial charge is 0.106 e. The molecule has 122 valence electrons. The molecule has 0 saturated heterocycles. The van der Waals surface area contributed by atoms with Crippen LogP contribution in [0.4, 0.5) is 0 Å². The highest BCUT2D eigenvalue weighted by molar-refractivity contribution is 5.63. The molecule has 0 bridgehead atoms. The van der Waals surface area contributed by atoms with Crippen molar-refractivity contribution in [2.45, 2.75) is 13.8 Å². The van der Waals surface area contributed by atoms with Gasteiger partial charge < -0.3 is 0 Å². The number of rotatable bonds is 0. The van der Waals surface area contributed by atoms with E-state index in [0.29, 0.717) is 22.3 Å². The summed E-state index contributed by atoms with van der Waals surface area (Å²) < 4.78 is 0.